The van der Waals surface area contributed by atoms with Crippen LogP contribution in [0.1, 0.15) is 17.5 Å². The first kappa shape index (κ1) is 18.1. The summed E-state index contributed by atoms with van der Waals surface area (Å²) < 4.78 is 13.0. The van der Waals surface area contributed by atoms with Crippen molar-refractivity contribution in [2.75, 3.05) is 0 Å². The predicted molar refractivity (Wildman–Crippen MR) is 104 cm³/mol. The lowest BCUT2D eigenvalue weighted by molar-refractivity contribution is -0.120. The third-order valence-electron chi connectivity index (χ3n) is 3.51. The lowest BCUT2D eigenvalue weighted by atomic mass is 10.2. The van der Waals surface area contributed by atoms with E-state index in [4.69, 9.17) is 0 Å². The molecule has 1 unspecified atom stereocenters. The first-order valence-electron chi connectivity index (χ1n) is 7.74. The van der Waals surface area contributed by atoms with E-state index in [9.17, 15) is 9.18 Å². The van der Waals surface area contributed by atoms with Crippen molar-refractivity contribution in [2.24, 2.45) is 0 Å². The summed E-state index contributed by atoms with van der Waals surface area (Å²) >= 11 is 4.73. The van der Waals surface area contributed by atoms with Crippen molar-refractivity contribution < 1.29 is 9.18 Å². The number of thiazole rings is 1. The summed E-state index contributed by atoms with van der Waals surface area (Å²) in [5.41, 5.74) is 1.84. The highest BCUT2D eigenvalue weighted by Gasteiger charge is 2.14. The van der Waals surface area contributed by atoms with Gasteiger partial charge in [0.05, 0.1) is 17.5 Å². The summed E-state index contributed by atoms with van der Waals surface area (Å²) in [6.45, 7) is 2.48. The van der Waals surface area contributed by atoms with Gasteiger partial charge >= 0.3 is 0 Å². The SMILES string of the molecule is CC(SCc1csc(-c2ccc(F)cc2)n1)C(=O)NCc1cccs1. The van der Waals surface area contributed by atoms with Crippen LogP contribution < -0.4 is 5.32 Å². The normalized spacial score (nSPS) is 12.1. The van der Waals surface area contributed by atoms with Crippen LogP contribution in [0.3, 0.4) is 0 Å². The van der Waals surface area contributed by atoms with E-state index < -0.39 is 0 Å². The molecule has 0 fully saturated rings. The average Bonchev–Trinajstić information content (AvgIpc) is 3.30. The lowest BCUT2D eigenvalue weighted by Gasteiger charge is -2.10. The second-order valence-electron chi connectivity index (χ2n) is 5.40. The van der Waals surface area contributed by atoms with Gasteiger partial charge in [-0.25, -0.2) is 9.37 Å². The zero-order chi connectivity index (χ0) is 17.6. The maximum absolute atomic E-state index is 13.0. The van der Waals surface area contributed by atoms with E-state index in [0.29, 0.717) is 12.3 Å². The zero-order valence-corrected chi connectivity index (χ0v) is 16.0. The smallest absolute Gasteiger partial charge is 0.233 e. The number of nitrogens with zero attached hydrogens (tertiary/aromatic N) is 1. The van der Waals surface area contributed by atoms with Crippen LogP contribution in [0.2, 0.25) is 0 Å². The summed E-state index contributed by atoms with van der Waals surface area (Å²) in [7, 11) is 0. The number of thioether (sulfide) groups is 1. The number of rotatable bonds is 7. The first-order valence-corrected chi connectivity index (χ1v) is 10.5. The number of halogens is 1. The lowest BCUT2D eigenvalue weighted by Crippen LogP contribution is -2.30. The number of hydrogen-bond acceptors (Lipinski definition) is 5. The fourth-order valence-electron chi connectivity index (χ4n) is 2.12. The molecule has 0 radical (unpaired) electrons. The quantitative estimate of drug-likeness (QED) is 0.619. The summed E-state index contributed by atoms with van der Waals surface area (Å²) in [6, 6.07) is 10.3. The molecule has 0 aliphatic heterocycles. The average molecular weight is 393 g/mol. The van der Waals surface area contributed by atoms with Gasteiger partial charge in [-0.15, -0.1) is 34.4 Å². The molecule has 0 bridgehead atoms. The van der Waals surface area contributed by atoms with E-state index in [1.54, 1.807) is 35.2 Å². The van der Waals surface area contributed by atoms with Gasteiger partial charge in [0.25, 0.3) is 0 Å². The molecule has 1 amide bonds. The fraction of sp³-hybridized carbons (Fsp3) is 0.222. The monoisotopic (exact) mass is 392 g/mol. The Morgan fingerprint density at radius 3 is 2.80 bits per heavy atom. The number of benzene rings is 1. The largest absolute Gasteiger partial charge is 0.350 e. The van der Waals surface area contributed by atoms with Gasteiger partial charge in [-0.1, -0.05) is 6.07 Å². The van der Waals surface area contributed by atoms with E-state index in [1.165, 1.54) is 23.5 Å². The van der Waals surface area contributed by atoms with Crippen LogP contribution in [0, 0.1) is 5.82 Å². The minimum Gasteiger partial charge on any atom is -0.350 e. The van der Waals surface area contributed by atoms with Crippen molar-refractivity contribution in [3.8, 4) is 10.6 Å². The number of aromatic nitrogens is 1. The Bertz CT molecular complexity index is 815. The molecule has 0 spiro atoms. The summed E-state index contributed by atoms with van der Waals surface area (Å²) in [6.07, 6.45) is 0. The van der Waals surface area contributed by atoms with Gasteiger partial charge < -0.3 is 5.32 Å². The van der Waals surface area contributed by atoms with Gasteiger partial charge in [0, 0.05) is 21.6 Å². The van der Waals surface area contributed by atoms with Crippen molar-refractivity contribution in [1.82, 2.24) is 10.3 Å². The van der Waals surface area contributed by atoms with Crippen molar-refractivity contribution >= 4 is 40.3 Å². The predicted octanol–water partition coefficient (Wildman–Crippen LogP) is 4.95. The van der Waals surface area contributed by atoms with Crippen molar-refractivity contribution in [3.05, 3.63) is 63.5 Å². The topological polar surface area (TPSA) is 42.0 Å². The standard InChI is InChI=1S/C18H17FN2OS3/c1-12(17(22)20-9-16-3-2-8-23-16)24-10-15-11-25-18(21-15)13-4-6-14(19)7-5-13/h2-8,11-12H,9-10H2,1H3,(H,20,22). The molecule has 1 N–H and O–H groups in total. The third kappa shape index (κ3) is 5.14. The van der Waals surface area contributed by atoms with Gasteiger partial charge in [0.1, 0.15) is 10.8 Å². The maximum Gasteiger partial charge on any atom is 0.233 e. The number of amides is 1. The second-order valence-corrected chi connectivity index (χ2v) is 8.62. The molecular weight excluding hydrogens is 375 g/mol. The molecule has 3 nitrogen and oxygen atoms in total. The minimum absolute atomic E-state index is 0.0346. The summed E-state index contributed by atoms with van der Waals surface area (Å²) in [5, 5.41) is 7.67. The minimum atomic E-state index is -0.251. The molecule has 0 aliphatic rings. The van der Waals surface area contributed by atoms with Gasteiger partial charge in [-0.2, -0.15) is 0 Å². The molecule has 1 atom stereocenters. The molecule has 0 saturated carbocycles. The van der Waals surface area contributed by atoms with Crippen LogP contribution in [0.15, 0.2) is 47.2 Å². The summed E-state index contributed by atoms with van der Waals surface area (Å²) in [4.78, 5) is 17.9. The van der Waals surface area contributed by atoms with Crippen LogP contribution >= 0.6 is 34.4 Å². The Hall–Kier alpha value is -1.70. The molecule has 3 rings (SSSR count). The first-order chi connectivity index (χ1) is 12.1. The van der Waals surface area contributed by atoms with Gasteiger partial charge in [-0.05, 0) is 42.6 Å². The molecule has 0 saturated heterocycles. The van der Waals surface area contributed by atoms with Crippen molar-refractivity contribution in [1.29, 1.82) is 0 Å². The Balaban J connectivity index is 1.49. The number of thiophene rings is 1. The van der Waals surface area contributed by atoms with Crippen LogP contribution in [-0.2, 0) is 17.1 Å². The molecule has 2 aromatic heterocycles. The van der Waals surface area contributed by atoms with Crippen LogP contribution in [-0.4, -0.2) is 16.1 Å². The van der Waals surface area contributed by atoms with Crippen molar-refractivity contribution in [3.63, 3.8) is 0 Å². The van der Waals surface area contributed by atoms with Crippen LogP contribution in [0.4, 0.5) is 4.39 Å². The molecule has 0 aliphatic carbocycles. The Kier molecular flexibility index (Phi) is 6.23. The van der Waals surface area contributed by atoms with Gasteiger partial charge in [0.2, 0.25) is 5.91 Å². The van der Waals surface area contributed by atoms with Gasteiger partial charge in [-0.3, -0.25) is 4.79 Å². The Morgan fingerprint density at radius 1 is 1.28 bits per heavy atom. The number of hydrogen-bond donors (Lipinski definition) is 1. The zero-order valence-electron chi connectivity index (χ0n) is 13.6. The van der Waals surface area contributed by atoms with Crippen molar-refractivity contribution in [2.45, 2.75) is 24.5 Å². The Labute approximate surface area is 158 Å². The van der Waals surface area contributed by atoms with E-state index in [-0.39, 0.29) is 17.0 Å². The molecule has 130 valence electrons. The molecule has 7 heteroatoms. The van der Waals surface area contributed by atoms with E-state index in [1.807, 2.05) is 29.8 Å². The second kappa shape index (κ2) is 8.60. The van der Waals surface area contributed by atoms with E-state index in [0.717, 1.165) is 21.1 Å². The van der Waals surface area contributed by atoms with E-state index >= 15 is 0 Å². The number of carbonyl (C=O) groups is 1. The van der Waals surface area contributed by atoms with Gasteiger partial charge in [0.15, 0.2) is 0 Å². The molecule has 3 aromatic rings. The molecule has 1 aromatic carbocycles. The highest BCUT2D eigenvalue weighted by atomic mass is 32.2. The highest BCUT2D eigenvalue weighted by molar-refractivity contribution is 7.99. The number of nitrogens with one attached hydrogen (secondary N) is 1. The van der Waals surface area contributed by atoms with Crippen LogP contribution in [0.25, 0.3) is 10.6 Å². The molecule has 25 heavy (non-hydrogen) atoms. The molecular formula is C18H17FN2OS3. The molecule has 2 heterocycles. The Morgan fingerprint density at radius 2 is 2.08 bits per heavy atom. The highest BCUT2D eigenvalue weighted by Crippen LogP contribution is 2.26. The fourth-order valence-corrected chi connectivity index (χ4v) is 4.49. The van der Waals surface area contributed by atoms with Crippen LogP contribution in [0.5, 0.6) is 0 Å². The van der Waals surface area contributed by atoms with E-state index in [2.05, 4.69) is 10.3 Å². The third-order valence-corrected chi connectivity index (χ3v) is 6.50. The summed E-state index contributed by atoms with van der Waals surface area (Å²) in [5.74, 6) is 0.455. The maximum atomic E-state index is 13.0. The number of carbonyl (C=O) groups excluding carboxylic acids is 1.